The molecule has 1 heterocycles. The molecule has 0 aromatic carbocycles. The van der Waals surface area contributed by atoms with Crippen molar-refractivity contribution in [1.82, 2.24) is 9.80 Å². The lowest BCUT2D eigenvalue weighted by Gasteiger charge is -2.29. The normalized spacial score (nSPS) is 12.2. The van der Waals surface area contributed by atoms with Crippen LogP contribution in [0.3, 0.4) is 0 Å². The van der Waals surface area contributed by atoms with Gasteiger partial charge in [0.15, 0.2) is 0 Å². The molecule has 1 rings (SSSR count). The molecular weight excluding hydrogens is 220 g/mol. The summed E-state index contributed by atoms with van der Waals surface area (Å²) in [6, 6.07) is 4.49. The van der Waals surface area contributed by atoms with Gasteiger partial charge >= 0.3 is 6.03 Å². The Labute approximate surface area is 102 Å². The molecule has 0 aliphatic heterocycles. The predicted molar refractivity (Wildman–Crippen MR) is 68.9 cm³/mol. The minimum Gasteiger partial charge on any atom is -0.328 e. The first-order chi connectivity index (χ1) is 7.56. The van der Waals surface area contributed by atoms with E-state index < -0.39 is 0 Å². The Kier molecular flexibility index (Phi) is 4.80. The molecule has 90 valence electrons. The summed E-state index contributed by atoms with van der Waals surface area (Å²) in [7, 11) is 3.70. The van der Waals surface area contributed by atoms with E-state index in [1.165, 1.54) is 4.88 Å². The van der Waals surface area contributed by atoms with Crippen molar-refractivity contribution in [3.8, 4) is 0 Å². The summed E-state index contributed by atoms with van der Waals surface area (Å²) in [5, 5.41) is 2.07. The van der Waals surface area contributed by atoms with Crippen LogP contribution in [-0.4, -0.2) is 42.5 Å². The zero-order valence-electron chi connectivity index (χ0n) is 10.4. The third-order valence-electron chi connectivity index (χ3n) is 2.84. The molecule has 3 nitrogen and oxygen atoms in total. The highest BCUT2D eigenvalue weighted by molar-refractivity contribution is 7.09. The second-order valence-corrected chi connectivity index (χ2v) is 5.07. The number of carbonyl (C=O) groups is 1. The zero-order valence-corrected chi connectivity index (χ0v) is 11.3. The van der Waals surface area contributed by atoms with Crippen LogP contribution in [0.4, 0.5) is 4.79 Å². The number of rotatable bonds is 4. The molecule has 0 aliphatic carbocycles. The SMILES string of the molecule is CCN(C)C(=O)N(C)C(C)Cc1cccs1. The summed E-state index contributed by atoms with van der Waals surface area (Å²) in [5.41, 5.74) is 0. The minimum atomic E-state index is 0.0894. The lowest BCUT2D eigenvalue weighted by Crippen LogP contribution is -2.43. The monoisotopic (exact) mass is 240 g/mol. The second kappa shape index (κ2) is 5.89. The predicted octanol–water partition coefficient (Wildman–Crippen LogP) is 2.68. The Balaban J connectivity index is 2.53. The number of hydrogen-bond donors (Lipinski definition) is 0. The number of hydrogen-bond acceptors (Lipinski definition) is 2. The molecule has 1 atom stereocenters. The van der Waals surface area contributed by atoms with Crippen LogP contribution in [0, 0.1) is 0 Å². The van der Waals surface area contributed by atoms with Gasteiger partial charge in [-0.3, -0.25) is 0 Å². The van der Waals surface area contributed by atoms with Crippen LogP contribution in [0.25, 0.3) is 0 Å². The van der Waals surface area contributed by atoms with Crippen molar-refractivity contribution >= 4 is 17.4 Å². The van der Waals surface area contributed by atoms with E-state index in [9.17, 15) is 4.79 Å². The van der Waals surface area contributed by atoms with Crippen molar-refractivity contribution in [2.24, 2.45) is 0 Å². The van der Waals surface area contributed by atoms with Gasteiger partial charge in [0, 0.05) is 38.0 Å². The van der Waals surface area contributed by atoms with Crippen molar-refractivity contribution < 1.29 is 4.79 Å². The van der Waals surface area contributed by atoms with Gasteiger partial charge in [0.05, 0.1) is 0 Å². The number of likely N-dealkylation sites (N-methyl/N-ethyl adjacent to an activating group) is 1. The van der Waals surface area contributed by atoms with Gasteiger partial charge in [0.2, 0.25) is 0 Å². The molecular formula is C12H20N2OS. The summed E-state index contributed by atoms with van der Waals surface area (Å²) in [6.45, 7) is 4.81. The fourth-order valence-corrected chi connectivity index (χ4v) is 2.28. The van der Waals surface area contributed by atoms with E-state index in [0.29, 0.717) is 0 Å². The van der Waals surface area contributed by atoms with Crippen molar-refractivity contribution in [2.45, 2.75) is 26.3 Å². The maximum atomic E-state index is 11.9. The third-order valence-corrected chi connectivity index (χ3v) is 3.74. The maximum absolute atomic E-state index is 11.9. The number of nitrogens with zero attached hydrogens (tertiary/aromatic N) is 2. The van der Waals surface area contributed by atoms with Crippen molar-refractivity contribution in [1.29, 1.82) is 0 Å². The molecule has 1 aromatic rings. The van der Waals surface area contributed by atoms with Crippen LogP contribution in [0.5, 0.6) is 0 Å². The topological polar surface area (TPSA) is 23.6 Å². The zero-order chi connectivity index (χ0) is 12.1. The maximum Gasteiger partial charge on any atom is 0.319 e. The van der Waals surface area contributed by atoms with E-state index >= 15 is 0 Å². The average molecular weight is 240 g/mol. The van der Waals surface area contributed by atoms with Crippen LogP contribution in [0.2, 0.25) is 0 Å². The summed E-state index contributed by atoms with van der Waals surface area (Å²) in [6.07, 6.45) is 0.928. The number of thiophene rings is 1. The molecule has 4 heteroatoms. The van der Waals surface area contributed by atoms with Gasteiger partial charge in [0.25, 0.3) is 0 Å². The molecule has 16 heavy (non-hydrogen) atoms. The summed E-state index contributed by atoms with van der Waals surface area (Å²) in [4.78, 5) is 16.8. The Morgan fingerprint density at radius 1 is 1.50 bits per heavy atom. The van der Waals surface area contributed by atoms with E-state index in [4.69, 9.17) is 0 Å². The molecule has 0 aliphatic rings. The molecule has 0 fully saturated rings. The lowest BCUT2D eigenvalue weighted by atomic mass is 10.2. The van der Waals surface area contributed by atoms with E-state index in [1.54, 1.807) is 16.2 Å². The Morgan fingerprint density at radius 3 is 2.69 bits per heavy atom. The molecule has 0 saturated heterocycles. The lowest BCUT2D eigenvalue weighted by molar-refractivity contribution is 0.161. The first-order valence-electron chi connectivity index (χ1n) is 5.56. The first-order valence-corrected chi connectivity index (χ1v) is 6.44. The largest absolute Gasteiger partial charge is 0.328 e. The van der Waals surface area contributed by atoms with Gasteiger partial charge in [-0.1, -0.05) is 6.07 Å². The van der Waals surface area contributed by atoms with Crippen LogP contribution in [0.1, 0.15) is 18.7 Å². The van der Waals surface area contributed by atoms with Gasteiger partial charge < -0.3 is 9.80 Å². The van der Waals surface area contributed by atoms with E-state index in [2.05, 4.69) is 18.4 Å². The molecule has 0 radical (unpaired) electrons. The molecule has 1 unspecified atom stereocenters. The Bertz CT molecular complexity index is 324. The fraction of sp³-hybridized carbons (Fsp3) is 0.583. The number of urea groups is 1. The Morgan fingerprint density at radius 2 is 2.19 bits per heavy atom. The summed E-state index contributed by atoms with van der Waals surface area (Å²) >= 11 is 1.74. The van der Waals surface area contributed by atoms with Gasteiger partial charge in [-0.2, -0.15) is 0 Å². The fourth-order valence-electron chi connectivity index (χ4n) is 1.45. The second-order valence-electron chi connectivity index (χ2n) is 4.04. The van der Waals surface area contributed by atoms with Gasteiger partial charge in [-0.05, 0) is 25.3 Å². The molecule has 2 amide bonds. The van der Waals surface area contributed by atoms with Gasteiger partial charge in [0.1, 0.15) is 0 Å². The van der Waals surface area contributed by atoms with Crippen LogP contribution in [-0.2, 0) is 6.42 Å². The Hall–Kier alpha value is -1.03. The van der Waals surface area contributed by atoms with Crippen molar-refractivity contribution in [2.75, 3.05) is 20.6 Å². The molecule has 0 bridgehead atoms. The van der Waals surface area contributed by atoms with Gasteiger partial charge in [-0.15, -0.1) is 11.3 Å². The number of amides is 2. The van der Waals surface area contributed by atoms with Crippen molar-refractivity contribution in [3.63, 3.8) is 0 Å². The highest BCUT2D eigenvalue weighted by Gasteiger charge is 2.18. The van der Waals surface area contributed by atoms with Crippen molar-refractivity contribution in [3.05, 3.63) is 22.4 Å². The van der Waals surface area contributed by atoms with Crippen LogP contribution >= 0.6 is 11.3 Å². The summed E-state index contributed by atoms with van der Waals surface area (Å²) in [5.74, 6) is 0. The highest BCUT2D eigenvalue weighted by Crippen LogP contribution is 2.14. The number of carbonyl (C=O) groups excluding carboxylic acids is 1. The van der Waals surface area contributed by atoms with Crippen LogP contribution in [0.15, 0.2) is 17.5 Å². The van der Waals surface area contributed by atoms with E-state index in [-0.39, 0.29) is 12.1 Å². The standard InChI is InChI=1S/C12H20N2OS/c1-5-13(3)12(15)14(4)10(2)9-11-7-6-8-16-11/h6-8,10H,5,9H2,1-4H3. The van der Waals surface area contributed by atoms with E-state index in [0.717, 1.165) is 13.0 Å². The van der Waals surface area contributed by atoms with Crippen LogP contribution < -0.4 is 0 Å². The molecule has 0 spiro atoms. The molecule has 0 N–H and O–H groups in total. The molecule has 0 saturated carbocycles. The minimum absolute atomic E-state index is 0.0894. The first kappa shape index (κ1) is 13.0. The smallest absolute Gasteiger partial charge is 0.319 e. The van der Waals surface area contributed by atoms with Gasteiger partial charge in [-0.25, -0.2) is 4.79 Å². The average Bonchev–Trinajstić information content (AvgIpc) is 2.78. The summed E-state index contributed by atoms with van der Waals surface area (Å²) < 4.78 is 0. The van der Waals surface area contributed by atoms with E-state index in [1.807, 2.05) is 32.0 Å². The quantitative estimate of drug-likeness (QED) is 0.793. The third kappa shape index (κ3) is 3.23. The molecule has 1 aromatic heterocycles. The highest BCUT2D eigenvalue weighted by atomic mass is 32.1.